The predicted octanol–water partition coefficient (Wildman–Crippen LogP) is 2.65. The Morgan fingerprint density at radius 3 is 2.45 bits per heavy atom. The molecule has 0 saturated carbocycles. The van der Waals surface area contributed by atoms with Gasteiger partial charge in [0.2, 0.25) is 0 Å². The molecule has 0 spiro atoms. The fraction of sp³-hybridized carbons (Fsp3) is 0.200. The van der Waals surface area contributed by atoms with Gasteiger partial charge in [-0.2, -0.15) is 0 Å². The van der Waals surface area contributed by atoms with Gasteiger partial charge in [-0.05, 0) is 31.2 Å². The molecule has 5 heteroatoms. The second-order valence-corrected chi connectivity index (χ2v) is 4.15. The van der Waals surface area contributed by atoms with E-state index in [1.165, 1.54) is 14.2 Å². The smallest absolute Gasteiger partial charge is 0.197 e. The number of ether oxygens (including phenoxy) is 2. The molecule has 0 aliphatic rings. The Morgan fingerprint density at radius 1 is 1.15 bits per heavy atom. The first kappa shape index (κ1) is 13.9. The Hall–Kier alpha value is -2.56. The summed E-state index contributed by atoms with van der Waals surface area (Å²) in [6, 6.07) is 6.36. The molecule has 5 nitrogen and oxygen atoms in total. The van der Waals surface area contributed by atoms with E-state index in [1.54, 1.807) is 31.2 Å². The van der Waals surface area contributed by atoms with Gasteiger partial charge in [-0.3, -0.25) is 9.59 Å². The third-order valence-electron chi connectivity index (χ3n) is 2.88. The van der Waals surface area contributed by atoms with Crippen LogP contribution in [0.1, 0.15) is 32.2 Å². The van der Waals surface area contributed by atoms with Crippen molar-refractivity contribution in [3.8, 4) is 11.5 Å². The number of hydrogen-bond donors (Lipinski definition) is 0. The van der Waals surface area contributed by atoms with Crippen molar-refractivity contribution in [2.45, 2.75) is 6.92 Å². The molecule has 0 aliphatic heterocycles. The lowest BCUT2D eigenvalue weighted by Crippen LogP contribution is -2.03. The molecule has 0 N–H and O–H groups in total. The Kier molecular flexibility index (Phi) is 3.89. The Morgan fingerprint density at radius 2 is 1.85 bits per heavy atom. The maximum Gasteiger partial charge on any atom is 0.197 e. The number of aryl methyl sites for hydroxylation is 1. The van der Waals surface area contributed by atoms with Crippen molar-refractivity contribution in [1.82, 2.24) is 0 Å². The van der Waals surface area contributed by atoms with E-state index in [0.717, 1.165) is 0 Å². The molecule has 2 aromatic rings. The molecule has 1 aromatic carbocycles. The topological polar surface area (TPSA) is 65.7 Å². The van der Waals surface area contributed by atoms with Crippen molar-refractivity contribution in [2.75, 3.05) is 14.2 Å². The Labute approximate surface area is 116 Å². The lowest BCUT2D eigenvalue weighted by Gasteiger charge is -2.08. The van der Waals surface area contributed by atoms with Crippen LogP contribution in [0.2, 0.25) is 0 Å². The molecule has 0 saturated heterocycles. The third kappa shape index (κ3) is 2.42. The van der Waals surface area contributed by atoms with Gasteiger partial charge < -0.3 is 13.9 Å². The molecule has 0 amide bonds. The normalized spacial score (nSPS) is 10.2. The minimum atomic E-state index is -0.301. The van der Waals surface area contributed by atoms with Crippen LogP contribution in [0.3, 0.4) is 0 Å². The van der Waals surface area contributed by atoms with E-state index in [4.69, 9.17) is 13.9 Å². The van der Waals surface area contributed by atoms with Gasteiger partial charge in [0.1, 0.15) is 5.76 Å². The van der Waals surface area contributed by atoms with E-state index in [9.17, 15) is 9.59 Å². The highest BCUT2D eigenvalue weighted by Crippen LogP contribution is 2.29. The van der Waals surface area contributed by atoms with Crippen LogP contribution in [0.5, 0.6) is 11.5 Å². The summed E-state index contributed by atoms with van der Waals surface area (Å²) in [7, 11) is 3.01. The van der Waals surface area contributed by atoms with Crippen LogP contribution in [0.25, 0.3) is 0 Å². The summed E-state index contributed by atoms with van der Waals surface area (Å²) in [6.45, 7) is 1.68. The maximum absolute atomic E-state index is 12.4. The minimum Gasteiger partial charge on any atom is -0.493 e. The molecular weight excluding hydrogens is 260 g/mol. The zero-order valence-corrected chi connectivity index (χ0v) is 11.4. The molecule has 1 aromatic heterocycles. The summed E-state index contributed by atoms with van der Waals surface area (Å²) in [5, 5.41) is 0. The second-order valence-electron chi connectivity index (χ2n) is 4.15. The highest BCUT2D eigenvalue weighted by atomic mass is 16.5. The van der Waals surface area contributed by atoms with Crippen LogP contribution in [0, 0.1) is 6.92 Å². The van der Waals surface area contributed by atoms with E-state index < -0.39 is 0 Å². The van der Waals surface area contributed by atoms with Crippen LogP contribution in [-0.4, -0.2) is 26.3 Å². The summed E-state index contributed by atoms with van der Waals surface area (Å²) < 4.78 is 15.4. The standard InChI is InChI=1S/C15H14O5/c1-9-6-11(14(8-16)20-9)15(17)10-4-5-12(18-2)13(7-10)19-3/h4-8H,1-3H3. The molecule has 0 aliphatic carbocycles. The maximum atomic E-state index is 12.4. The second kappa shape index (κ2) is 5.61. The third-order valence-corrected chi connectivity index (χ3v) is 2.88. The zero-order valence-electron chi connectivity index (χ0n) is 11.4. The van der Waals surface area contributed by atoms with Gasteiger partial charge >= 0.3 is 0 Å². The summed E-state index contributed by atoms with van der Waals surface area (Å²) in [5.41, 5.74) is 0.635. The molecular formula is C15H14O5. The number of hydrogen-bond acceptors (Lipinski definition) is 5. The first-order valence-electron chi connectivity index (χ1n) is 5.93. The molecule has 0 unspecified atom stereocenters. The van der Waals surface area contributed by atoms with Crippen LogP contribution < -0.4 is 9.47 Å². The molecule has 0 radical (unpaired) electrons. The Bertz CT molecular complexity index is 654. The van der Waals surface area contributed by atoms with E-state index in [1.807, 2.05) is 0 Å². The fourth-order valence-corrected chi connectivity index (χ4v) is 1.93. The van der Waals surface area contributed by atoms with E-state index in [2.05, 4.69) is 0 Å². The molecule has 104 valence electrons. The minimum absolute atomic E-state index is 0.0299. The van der Waals surface area contributed by atoms with Crippen molar-refractivity contribution in [2.24, 2.45) is 0 Å². The van der Waals surface area contributed by atoms with Crippen LogP contribution in [0.4, 0.5) is 0 Å². The number of carbonyl (C=O) groups excluding carboxylic acids is 2. The molecule has 0 bridgehead atoms. The lowest BCUT2D eigenvalue weighted by molar-refractivity contribution is 0.102. The monoisotopic (exact) mass is 274 g/mol. The highest BCUT2D eigenvalue weighted by Gasteiger charge is 2.19. The van der Waals surface area contributed by atoms with Gasteiger partial charge in [0.15, 0.2) is 29.3 Å². The van der Waals surface area contributed by atoms with Crippen molar-refractivity contribution in [3.05, 3.63) is 46.9 Å². The van der Waals surface area contributed by atoms with Gasteiger partial charge in [-0.25, -0.2) is 0 Å². The molecule has 1 heterocycles. The lowest BCUT2D eigenvalue weighted by atomic mass is 10.0. The first-order valence-corrected chi connectivity index (χ1v) is 5.93. The number of carbonyl (C=O) groups is 2. The average molecular weight is 274 g/mol. The van der Waals surface area contributed by atoms with Gasteiger partial charge in [0.25, 0.3) is 0 Å². The number of benzene rings is 1. The van der Waals surface area contributed by atoms with Gasteiger partial charge in [0, 0.05) is 5.56 Å². The van der Waals surface area contributed by atoms with Crippen molar-refractivity contribution >= 4 is 12.1 Å². The van der Waals surface area contributed by atoms with E-state index >= 15 is 0 Å². The van der Waals surface area contributed by atoms with Crippen LogP contribution in [0.15, 0.2) is 28.7 Å². The van der Waals surface area contributed by atoms with Crippen molar-refractivity contribution in [3.63, 3.8) is 0 Å². The Balaban J connectivity index is 2.45. The van der Waals surface area contributed by atoms with Crippen molar-refractivity contribution < 1.29 is 23.5 Å². The number of rotatable bonds is 5. The number of ketones is 1. The zero-order chi connectivity index (χ0) is 14.7. The molecule has 0 fully saturated rings. The van der Waals surface area contributed by atoms with E-state index in [-0.39, 0.29) is 17.1 Å². The SMILES string of the molecule is COc1ccc(C(=O)c2cc(C)oc2C=O)cc1OC. The van der Waals surface area contributed by atoms with Gasteiger partial charge in [-0.15, -0.1) is 0 Å². The summed E-state index contributed by atoms with van der Waals surface area (Å²) in [6.07, 6.45) is 0.529. The summed E-state index contributed by atoms with van der Waals surface area (Å²) in [4.78, 5) is 23.3. The van der Waals surface area contributed by atoms with Crippen LogP contribution in [-0.2, 0) is 0 Å². The summed E-state index contributed by atoms with van der Waals surface area (Å²) in [5.74, 6) is 1.22. The van der Waals surface area contributed by atoms with Crippen molar-refractivity contribution in [1.29, 1.82) is 0 Å². The molecule has 2 rings (SSSR count). The first-order chi connectivity index (χ1) is 9.60. The highest BCUT2D eigenvalue weighted by molar-refractivity contribution is 6.12. The largest absolute Gasteiger partial charge is 0.493 e. The predicted molar refractivity (Wildman–Crippen MR) is 71.8 cm³/mol. The molecule has 0 atom stereocenters. The van der Waals surface area contributed by atoms with Gasteiger partial charge in [0.05, 0.1) is 19.8 Å². The number of furan rings is 1. The van der Waals surface area contributed by atoms with E-state index in [0.29, 0.717) is 29.1 Å². The number of aldehydes is 1. The number of methoxy groups -OCH3 is 2. The average Bonchev–Trinajstić information content (AvgIpc) is 2.86. The van der Waals surface area contributed by atoms with Gasteiger partial charge in [-0.1, -0.05) is 0 Å². The fourth-order valence-electron chi connectivity index (χ4n) is 1.93. The van der Waals surface area contributed by atoms with Crippen LogP contribution >= 0.6 is 0 Å². The summed E-state index contributed by atoms with van der Waals surface area (Å²) >= 11 is 0. The quantitative estimate of drug-likeness (QED) is 0.619. The molecule has 20 heavy (non-hydrogen) atoms.